The fourth-order valence-corrected chi connectivity index (χ4v) is 0.348. The van der Waals surface area contributed by atoms with Crippen LogP contribution in [0.15, 0.2) is 0 Å². The molecule has 0 aliphatic heterocycles. The summed E-state index contributed by atoms with van der Waals surface area (Å²) < 4.78 is 11.6. The Bertz CT molecular complexity index is 67.9. The van der Waals surface area contributed by atoms with Gasteiger partial charge in [0.1, 0.15) is 0 Å². The highest BCUT2D eigenvalue weighted by Crippen LogP contribution is 2.04. The van der Waals surface area contributed by atoms with Crippen LogP contribution < -0.4 is 0 Å². The Morgan fingerprint density at radius 2 is 2.25 bits per heavy atom. The second-order valence-electron chi connectivity index (χ2n) is 2.66. The smallest absolute Gasteiger partial charge is 0.210 e. The standard InChI is InChI=1S/C6H14O2/c1-6(2,3)8-5-4-7/h7H,4-5H2,1-3H3/i7T. The van der Waals surface area contributed by atoms with E-state index in [9.17, 15) is 0 Å². The van der Waals surface area contributed by atoms with Gasteiger partial charge in [-0.2, -0.15) is 0 Å². The molecule has 0 amide bonds. The van der Waals surface area contributed by atoms with Crippen molar-refractivity contribution in [2.24, 2.45) is 0 Å². The summed E-state index contributed by atoms with van der Waals surface area (Å²) in [4.78, 5) is 0. The van der Waals surface area contributed by atoms with Crippen molar-refractivity contribution >= 4 is 0 Å². The van der Waals surface area contributed by atoms with Crippen LogP contribution in [0.1, 0.15) is 20.8 Å². The molecule has 0 spiro atoms. The van der Waals surface area contributed by atoms with Gasteiger partial charge in [-0.15, -0.1) is 0 Å². The van der Waals surface area contributed by atoms with Crippen LogP contribution in [0.3, 0.4) is 0 Å². The van der Waals surface area contributed by atoms with Gasteiger partial charge < -0.3 is 9.85 Å². The summed E-state index contributed by atoms with van der Waals surface area (Å²) in [6.45, 7) is 6.75. The summed E-state index contributed by atoms with van der Waals surface area (Å²) >= 11 is 0. The molecule has 0 aromatic heterocycles. The Kier molecular flexibility index (Phi) is 2.30. The van der Waals surface area contributed by atoms with E-state index in [1.807, 2.05) is 20.8 Å². The van der Waals surface area contributed by atoms with E-state index in [2.05, 4.69) is 5.11 Å². The average Bonchev–Trinajstić information content (AvgIpc) is 1.63. The fourth-order valence-electron chi connectivity index (χ4n) is 0.348. The Balaban J connectivity index is 3.07. The van der Waals surface area contributed by atoms with Crippen LogP contribution in [-0.4, -0.2) is 25.4 Å². The lowest BCUT2D eigenvalue weighted by Crippen LogP contribution is -2.20. The largest absolute Gasteiger partial charge is 0.394 e. The molecule has 0 aliphatic carbocycles. The Hall–Kier alpha value is -0.0800. The Morgan fingerprint density at radius 3 is 2.62 bits per heavy atom. The third-order valence-electron chi connectivity index (χ3n) is 0.618. The van der Waals surface area contributed by atoms with Gasteiger partial charge in [0.25, 0.3) is 0 Å². The molecule has 2 heteroatoms. The lowest BCUT2D eigenvalue weighted by Gasteiger charge is -2.18. The van der Waals surface area contributed by atoms with E-state index in [-0.39, 0.29) is 5.60 Å². The molecule has 0 fully saturated rings. The molecule has 0 radical (unpaired) electrons. The Morgan fingerprint density at radius 1 is 1.62 bits per heavy atom. The van der Waals surface area contributed by atoms with Crippen LogP contribution in [0.4, 0.5) is 0 Å². The minimum absolute atomic E-state index is 0.113. The van der Waals surface area contributed by atoms with Gasteiger partial charge in [-0.3, -0.25) is 0 Å². The minimum atomic E-state index is -0.113. The minimum Gasteiger partial charge on any atom is -0.394 e. The lowest BCUT2D eigenvalue weighted by atomic mass is 10.2. The van der Waals surface area contributed by atoms with E-state index >= 15 is 0 Å². The second-order valence-corrected chi connectivity index (χ2v) is 2.66. The predicted molar refractivity (Wildman–Crippen MR) is 32.8 cm³/mol. The highest BCUT2D eigenvalue weighted by atomic mass is 16.5. The Labute approximate surface area is 52.0 Å². The van der Waals surface area contributed by atoms with Gasteiger partial charge in [0, 0.05) is 0 Å². The van der Waals surface area contributed by atoms with E-state index in [0.29, 0.717) is 13.2 Å². The molecule has 0 atom stereocenters. The van der Waals surface area contributed by atoms with Gasteiger partial charge in [-0.05, 0) is 20.8 Å². The first kappa shape index (κ1) is 6.05. The summed E-state index contributed by atoms with van der Waals surface area (Å²) in [5, 5.41) is 4.06. The molecule has 0 saturated heterocycles. The van der Waals surface area contributed by atoms with Crippen LogP contribution in [-0.2, 0) is 4.74 Å². The van der Waals surface area contributed by atoms with Crippen molar-refractivity contribution in [1.29, 1.82) is 1.43 Å². The van der Waals surface area contributed by atoms with Crippen molar-refractivity contribution in [2.45, 2.75) is 26.4 Å². The molecule has 1 N–H and O–H groups in total. The first-order chi connectivity index (χ1) is 4.06. The quantitative estimate of drug-likeness (QED) is 0.558. The third-order valence-corrected chi connectivity index (χ3v) is 0.618. The molecule has 0 rings (SSSR count). The van der Waals surface area contributed by atoms with Crippen LogP contribution in [0.25, 0.3) is 0 Å². The van der Waals surface area contributed by atoms with Gasteiger partial charge in [0.2, 0.25) is 1.43 Å². The number of aliphatic hydroxyl groups excluding tert-OH is 1. The molecule has 0 aliphatic rings. The van der Waals surface area contributed by atoms with Gasteiger partial charge in [-0.1, -0.05) is 0 Å². The second kappa shape index (κ2) is 3.05. The molecule has 0 aromatic rings. The van der Waals surface area contributed by atoms with Crippen molar-refractivity contribution in [3.63, 3.8) is 0 Å². The molecule has 0 saturated carbocycles. The van der Waals surface area contributed by atoms with Crippen molar-refractivity contribution in [3.8, 4) is 0 Å². The average molecular weight is 120 g/mol. The highest BCUT2D eigenvalue weighted by molar-refractivity contribution is 4.57. The van der Waals surface area contributed by atoms with Crippen molar-refractivity contribution < 1.29 is 9.85 Å². The van der Waals surface area contributed by atoms with Crippen LogP contribution in [0.2, 0.25) is 0 Å². The summed E-state index contributed by atoms with van der Waals surface area (Å²) in [6.07, 6.45) is 0. The first-order valence-corrected chi connectivity index (χ1v) is 2.78. The normalized spacial score (nSPS) is 13.6. The van der Waals surface area contributed by atoms with Crippen LogP contribution in [0, 0.1) is 0 Å². The van der Waals surface area contributed by atoms with E-state index in [0.717, 1.165) is 0 Å². The van der Waals surface area contributed by atoms with E-state index in [1.54, 1.807) is 0 Å². The predicted octanol–water partition coefficient (Wildman–Crippen LogP) is 0.794. The number of hydrogen-bond donors (Lipinski definition) is 1. The van der Waals surface area contributed by atoms with Gasteiger partial charge in [0.15, 0.2) is 0 Å². The molecule has 0 aromatic carbocycles. The van der Waals surface area contributed by atoms with Crippen LogP contribution in [0.5, 0.6) is 0 Å². The number of aliphatic hydroxyl groups is 1. The van der Waals surface area contributed by atoms with Gasteiger partial charge >= 0.3 is 0 Å². The molecule has 50 valence electrons. The molecule has 2 nitrogen and oxygen atoms in total. The highest BCUT2D eigenvalue weighted by Gasteiger charge is 2.07. The van der Waals surface area contributed by atoms with Gasteiger partial charge in [-0.25, -0.2) is 0 Å². The van der Waals surface area contributed by atoms with E-state index in [1.165, 1.54) is 0 Å². The van der Waals surface area contributed by atoms with Crippen molar-refractivity contribution in [3.05, 3.63) is 0 Å². The van der Waals surface area contributed by atoms with Gasteiger partial charge in [0.05, 0.1) is 18.8 Å². The zero-order valence-electron chi connectivity index (χ0n) is 6.73. The topological polar surface area (TPSA) is 29.5 Å². The summed E-state index contributed by atoms with van der Waals surface area (Å²) in [5.74, 6) is 0. The summed E-state index contributed by atoms with van der Waals surface area (Å²) in [6, 6.07) is 0. The van der Waals surface area contributed by atoms with Crippen molar-refractivity contribution in [2.75, 3.05) is 13.2 Å². The van der Waals surface area contributed by atoms with E-state index in [4.69, 9.17) is 6.17 Å². The molecule has 0 heterocycles. The zero-order chi connectivity index (χ0) is 7.33. The molecular weight excluding hydrogens is 104 g/mol. The number of rotatable bonds is 3. The molecule has 0 unspecified atom stereocenters. The van der Waals surface area contributed by atoms with Crippen LogP contribution >= 0.6 is 0 Å². The zero-order valence-corrected chi connectivity index (χ0v) is 5.73. The lowest BCUT2D eigenvalue weighted by molar-refractivity contribution is -0.0199. The first-order valence-electron chi connectivity index (χ1n) is 3.19. The molecule has 0 bridgehead atoms. The molecule has 8 heavy (non-hydrogen) atoms. The summed E-state index contributed by atoms with van der Waals surface area (Å²) in [7, 11) is 0. The SMILES string of the molecule is [3H]OCCOC(C)(C)C. The number of ether oxygens (including phenoxy) is 1. The maximum Gasteiger partial charge on any atom is 0.210 e. The maximum atomic E-state index is 6.33. The molecular formula is C6H14O2. The maximum absolute atomic E-state index is 6.33. The van der Waals surface area contributed by atoms with E-state index < -0.39 is 0 Å². The monoisotopic (exact) mass is 120 g/mol. The third kappa shape index (κ3) is 5.92. The van der Waals surface area contributed by atoms with Crippen molar-refractivity contribution in [1.82, 2.24) is 0 Å². The number of hydrogen-bond acceptors (Lipinski definition) is 2. The fraction of sp³-hybridized carbons (Fsp3) is 1.00. The summed E-state index contributed by atoms with van der Waals surface area (Å²) in [5.41, 5.74) is -0.113.